The third-order valence-electron chi connectivity index (χ3n) is 4.95. The predicted octanol–water partition coefficient (Wildman–Crippen LogP) is 4.82. The van der Waals surface area contributed by atoms with Gasteiger partial charge >= 0.3 is 0 Å². The van der Waals surface area contributed by atoms with E-state index in [1.54, 1.807) is 7.11 Å². The van der Waals surface area contributed by atoms with Crippen LogP contribution in [0.4, 0.5) is 0 Å². The van der Waals surface area contributed by atoms with Gasteiger partial charge in [0.1, 0.15) is 5.75 Å². The average Bonchev–Trinajstić information content (AvgIpc) is 2.74. The van der Waals surface area contributed by atoms with Crippen LogP contribution in [0, 0.1) is 0 Å². The number of hydrogen-bond donors (Lipinski definition) is 1. The molecule has 0 aromatic heterocycles. The van der Waals surface area contributed by atoms with E-state index in [0.717, 1.165) is 24.4 Å². The fourth-order valence-electron chi connectivity index (χ4n) is 3.26. The van der Waals surface area contributed by atoms with Gasteiger partial charge in [0.2, 0.25) is 0 Å². The molecule has 0 spiro atoms. The van der Waals surface area contributed by atoms with Gasteiger partial charge in [0.25, 0.3) is 0 Å². The molecule has 0 heterocycles. The number of methoxy groups -OCH3 is 1. The Balaban J connectivity index is 1.80. The molecule has 0 aliphatic carbocycles. The molecular weight excluding hydrogens is 334 g/mol. The third kappa shape index (κ3) is 5.19. The van der Waals surface area contributed by atoms with Crippen LogP contribution >= 0.6 is 0 Å². The molecule has 140 valence electrons. The van der Waals surface area contributed by atoms with Crippen LogP contribution < -0.4 is 4.74 Å². The van der Waals surface area contributed by atoms with E-state index in [-0.39, 0.29) is 6.04 Å². The first kappa shape index (κ1) is 19.2. The van der Waals surface area contributed by atoms with Crippen molar-refractivity contribution >= 4 is 0 Å². The highest BCUT2D eigenvalue weighted by Crippen LogP contribution is 2.25. The van der Waals surface area contributed by atoms with Gasteiger partial charge in [0, 0.05) is 19.1 Å². The molecule has 3 heteroatoms. The second-order valence-electron chi connectivity index (χ2n) is 6.83. The van der Waals surface area contributed by atoms with Crippen LogP contribution in [0.15, 0.2) is 84.9 Å². The first-order chi connectivity index (χ1) is 13.2. The van der Waals surface area contributed by atoms with Crippen LogP contribution in [0.2, 0.25) is 0 Å². The normalized spacial score (nSPS) is 13.3. The van der Waals surface area contributed by atoms with Crippen molar-refractivity contribution in [2.75, 3.05) is 7.11 Å². The van der Waals surface area contributed by atoms with Crippen LogP contribution in [-0.4, -0.2) is 23.2 Å². The smallest absolute Gasteiger partial charge is 0.118 e. The SMILES string of the molecule is COc1ccc([C@@H](O)[C@H](C)N(Cc2ccccc2)Cc2ccccc2)cc1. The van der Waals surface area contributed by atoms with Gasteiger partial charge in [-0.25, -0.2) is 0 Å². The van der Waals surface area contributed by atoms with Gasteiger partial charge in [-0.15, -0.1) is 0 Å². The molecule has 3 nitrogen and oxygen atoms in total. The zero-order chi connectivity index (χ0) is 19.1. The van der Waals surface area contributed by atoms with Crippen LogP contribution in [-0.2, 0) is 13.1 Å². The standard InChI is InChI=1S/C24H27NO2/c1-19(24(26)22-13-15-23(27-2)16-14-22)25(17-20-9-5-3-6-10-20)18-21-11-7-4-8-12-21/h3-16,19,24,26H,17-18H2,1-2H3/t19-,24-/m0/s1. The molecule has 3 rings (SSSR count). The van der Waals surface area contributed by atoms with Gasteiger partial charge in [0.05, 0.1) is 13.2 Å². The summed E-state index contributed by atoms with van der Waals surface area (Å²) >= 11 is 0. The Hall–Kier alpha value is -2.62. The van der Waals surface area contributed by atoms with Gasteiger partial charge in [-0.3, -0.25) is 4.90 Å². The number of hydrogen-bond acceptors (Lipinski definition) is 3. The Morgan fingerprint density at radius 3 is 1.70 bits per heavy atom. The van der Waals surface area contributed by atoms with Crippen LogP contribution in [0.3, 0.4) is 0 Å². The predicted molar refractivity (Wildman–Crippen MR) is 110 cm³/mol. The van der Waals surface area contributed by atoms with Crippen LogP contribution in [0.5, 0.6) is 5.75 Å². The average molecular weight is 361 g/mol. The Morgan fingerprint density at radius 2 is 1.26 bits per heavy atom. The zero-order valence-electron chi connectivity index (χ0n) is 16.0. The van der Waals surface area contributed by atoms with Crippen molar-refractivity contribution in [3.8, 4) is 5.75 Å². The van der Waals surface area contributed by atoms with E-state index in [2.05, 4.69) is 60.4 Å². The lowest BCUT2D eigenvalue weighted by molar-refractivity contribution is 0.0484. The van der Waals surface area contributed by atoms with Gasteiger partial charge in [-0.2, -0.15) is 0 Å². The van der Waals surface area contributed by atoms with Crippen molar-refractivity contribution in [3.63, 3.8) is 0 Å². The number of aliphatic hydroxyl groups excluding tert-OH is 1. The topological polar surface area (TPSA) is 32.7 Å². The van der Waals surface area contributed by atoms with Gasteiger partial charge in [-0.05, 0) is 35.7 Å². The molecule has 0 aliphatic rings. The van der Waals surface area contributed by atoms with Crippen molar-refractivity contribution in [1.82, 2.24) is 4.90 Å². The summed E-state index contributed by atoms with van der Waals surface area (Å²) in [5, 5.41) is 11.0. The first-order valence-electron chi connectivity index (χ1n) is 9.31. The maximum atomic E-state index is 11.0. The van der Waals surface area contributed by atoms with E-state index in [4.69, 9.17) is 4.74 Å². The van der Waals surface area contributed by atoms with Crippen molar-refractivity contribution in [1.29, 1.82) is 0 Å². The quantitative estimate of drug-likeness (QED) is 0.624. The minimum atomic E-state index is -0.580. The fraction of sp³-hybridized carbons (Fsp3) is 0.250. The maximum absolute atomic E-state index is 11.0. The molecule has 0 fully saturated rings. The van der Waals surface area contributed by atoms with Crippen molar-refractivity contribution in [3.05, 3.63) is 102 Å². The summed E-state index contributed by atoms with van der Waals surface area (Å²) in [4.78, 5) is 2.32. The molecule has 0 unspecified atom stereocenters. The minimum absolute atomic E-state index is 0.0428. The summed E-state index contributed by atoms with van der Waals surface area (Å²) in [7, 11) is 1.65. The second-order valence-corrected chi connectivity index (χ2v) is 6.83. The van der Waals surface area contributed by atoms with Gasteiger partial charge < -0.3 is 9.84 Å². The Bertz CT molecular complexity index is 761. The molecule has 0 saturated carbocycles. The largest absolute Gasteiger partial charge is 0.497 e. The van der Waals surface area contributed by atoms with E-state index in [9.17, 15) is 5.11 Å². The molecule has 2 atom stereocenters. The monoisotopic (exact) mass is 361 g/mol. The van der Waals surface area contributed by atoms with Crippen LogP contribution in [0.25, 0.3) is 0 Å². The van der Waals surface area contributed by atoms with Crippen molar-refractivity contribution in [2.45, 2.75) is 32.2 Å². The molecule has 0 bridgehead atoms. The molecule has 1 N–H and O–H groups in total. The molecule has 0 saturated heterocycles. The Kier molecular flexibility index (Phi) is 6.64. The number of nitrogens with zero attached hydrogens (tertiary/aromatic N) is 1. The van der Waals surface area contributed by atoms with E-state index in [1.807, 2.05) is 36.4 Å². The van der Waals surface area contributed by atoms with Crippen LogP contribution in [0.1, 0.15) is 29.7 Å². The molecule has 27 heavy (non-hydrogen) atoms. The molecular formula is C24H27NO2. The highest BCUT2D eigenvalue weighted by Gasteiger charge is 2.23. The van der Waals surface area contributed by atoms with Gasteiger partial charge in [0.15, 0.2) is 0 Å². The van der Waals surface area contributed by atoms with Gasteiger partial charge in [-0.1, -0.05) is 72.8 Å². The molecule has 0 aliphatic heterocycles. The zero-order valence-corrected chi connectivity index (χ0v) is 16.0. The summed E-state index contributed by atoms with van der Waals surface area (Å²) in [6, 6.07) is 28.4. The molecule has 3 aromatic carbocycles. The summed E-state index contributed by atoms with van der Waals surface area (Å²) in [5.74, 6) is 0.795. The lowest BCUT2D eigenvalue weighted by Crippen LogP contribution is -2.36. The summed E-state index contributed by atoms with van der Waals surface area (Å²) in [6.07, 6.45) is -0.580. The number of aliphatic hydroxyl groups is 1. The molecule has 0 amide bonds. The summed E-state index contributed by atoms with van der Waals surface area (Å²) in [5.41, 5.74) is 3.37. The number of ether oxygens (including phenoxy) is 1. The van der Waals surface area contributed by atoms with Crippen molar-refractivity contribution < 1.29 is 9.84 Å². The number of rotatable bonds is 8. The molecule has 3 aromatic rings. The second kappa shape index (κ2) is 9.36. The first-order valence-corrected chi connectivity index (χ1v) is 9.31. The van der Waals surface area contributed by atoms with E-state index < -0.39 is 6.10 Å². The van der Waals surface area contributed by atoms with Crippen molar-refractivity contribution in [2.24, 2.45) is 0 Å². The summed E-state index contributed by atoms with van der Waals surface area (Å²) < 4.78 is 5.22. The highest BCUT2D eigenvalue weighted by molar-refractivity contribution is 5.29. The molecule has 0 radical (unpaired) electrons. The number of benzene rings is 3. The van der Waals surface area contributed by atoms with E-state index in [1.165, 1.54) is 11.1 Å². The fourth-order valence-corrected chi connectivity index (χ4v) is 3.26. The Morgan fingerprint density at radius 1 is 0.778 bits per heavy atom. The Labute approximate surface area is 161 Å². The minimum Gasteiger partial charge on any atom is -0.497 e. The van der Waals surface area contributed by atoms with E-state index >= 15 is 0 Å². The third-order valence-corrected chi connectivity index (χ3v) is 4.95. The lowest BCUT2D eigenvalue weighted by atomic mass is 10.0. The lowest BCUT2D eigenvalue weighted by Gasteiger charge is -2.33. The maximum Gasteiger partial charge on any atom is 0.118 e. The highest BCUT2D eigenvalue weighted by atomic mass is 16.5. The van der Waals surface area contributed by atoms with E-state index in [0.29, 0.717) is 0 Å². The summed E-state index contributed by atoms with van der Waals surface area (Å²) in [6.45, 7) is 3.65.